The lowest BCUT2D eigenvalue weighted by molar-refractivity contribution is -0.157. The fraction of sp³-hybridized carbons (Fsp3) is 0.333. The van der Waals surface area contributed by atoms with Gasteiger partial charge in [-0.3, -0.25) is 9.59 Å². The molecular formula is C12H13NO3. The van der Waals surface area contributed by atoms with Crippen LogP contribution in [0.25, 0.3) is 0 Å². The summed E-state index contributed by atoms with van der Waals surface area (Å²) in [6, 6.07) is 7.97. The minimum absolute atomic E-state index is 0.128. The van der Waals surface area contributed by atoms with E-state index < -0.39 is 5.97 Å². The van der Waals surface area contributed by atoms with Crippen LogP contribution in [0.2, 0.25) is 0 Å². The molecule has 2 rings (SSSR count). The van der Waals surface area contributed by atoms with Crippen molar-refractivity contribution in [3.05, 3.63) is 35.4 Å². The highest BCUT2D eigenvalue weighted by Crippen LogP contribution is 2.26. The molecule has 1 aliphatic rings. The number of benzene rings is 1. The lowest BCUT2D eigenvalue weighted by Crippen LogP contribution is -2.32. The van der Waals surface area contributed by atoms with Crippen LogP contribution in [0.3, 0.4) is 0 Å². The van der Waals surface area contributed by atoms with Gasteiger partial charge in [-0.25, -0.2) is 0 Å². The zero-order valence-corrected chi connectivity index (χ0v) is 9.03. The first-order valence-corrected chi connectivity index (χ1v) is 5.21. The van der Waals surface area contributed by atoms with Crippen molar-refractivity contribution in [1.82, 2.24) is 5.48 Å². The molecule has 0 radical (unpaired) electrons. The summed E-state index contributed by atoms with van der Waals surface area (Å²) < 4.78 is 0. The summed E-state index contributed by atoms with van der Waals surface area (Å²) in [6.07, 6.45) is 1.42. The lowest BCUT2D eigenvalue weighted by Gasteiger charge is -2.08. The summed E-state index contributed by atoms with van der Waals surface area (Å²) in [7, 11) is 0. The molecule has 1 N–H and O–H groups in total. The minimum Gasteiger partial charge on any atom is -0.341 e. The number of carbonyl (C=O) groups excluding carboxylic acids is 2. The number of hydrogen-bond donors (Lipinski definition) is 1. The van der Waals surface area contributed by atoms with Crippen LogP contribution in [0.4, 0.5) is 0 Å². The third-order valence-corrected chi connectivity index (χ3v) is 2.72. The summed E-state index contributed by atoms with van der Waals surface area (Å²) in [5.41, 5.74) is 4.57. The molecule has 4 nitrogen and oxygen atoms in total. The van der Waals surface area contributed by atoms with E-state index in [0.29, 0.717) is 12.8 Å². The van der Waals surface area contributed by atoms with E-state index in [2.05, 4.69) is 10.3 Å². The number of rotatable bonds is 1. The van der Waals surface area contributed by atoms with E-state index in [4.69, 9.17) is 0 Å². The quantitative estimate of drug-likeness (QED) is 0.717. The second-order valence-corrected chi connectivity index (χ2v) is 3.93. The van der Waals surface area contributed by atoms with Gasteiger partial charge in [-0.2, -0.15) is 5.48 Å². The number of nitrogens with one attached hydrogen (secondary N) is 1. The molecule has 1 amide bonds. The molecule has 1 aromatic carbocycles. The predicted octanol–water partition coefficient (Wildman–Crippen LogP) is 0.996. The molecule has 0 aliphatic heterocycles. The molecule has 0 saturated heterocycles. The van der Waals surface area contributed by atoms with Gasteiger partial charge in [-0.1, -0.05) is 24.3 Å². The first-order valence-electron chi connectivity index (χ1n) is 5.21. The van der Waals surface area contributed by atoms with Crippen LogP contribution in [0, 0.1) is 5.92 Å². The second-order valence-electron chi connectivity index (χ2n) is 3.93. The SMILES string of the molecule is CC(=O)ONC(=O)C1Cc2ccccc2C1. The molecule has 0 heterocycles. The Balaban J connectivity index is 1.96. The average Bonchev–Trinajstić information content (AvgIpc) is 2.69. The maximum atomic E-state index is 11.6. The van der Waals surface area contributed by atoms with Crippen LogP contribution in [0.5, 0.6) is 0 Å². The van der Waals surface area contributed by atoms with Gasteiger partial charge in [0.1, 0.15) is 0 Å². The maximum Gasteiger partial charge on any atom is 0.329 e. The average molecular weight is 219 g/mol. The zero-order chi connectivity index (χ0) is 11.5. The van der Waals surface area contributed by atoms with Gasteiger partial charge in [0.2, 0.25) is 0 Å². The van der Waals surface area contributed by atoms with Gasteiger partial charge in [0.15, 0.2) is 0 Å². The van der Waals surface area contributed by atoms with Gasteiger partial charge in [0.25, 0.3) is 5.91 Å². The van der Waals surface area contributed by atoms with Crippen molar-refractivity contribution in [3.8, 4) is 0 Å². The molecule has 1 aliphatic carbocycles. The molecule has 0 unspecified atom stereocenters. The zero-order valence-electron chi connectivity index (χ0n) is 9.03. The minimum atomic E-state index is -0.510. The van der Waals surface area contributed by atoms with Crippen molar-refractivity contribution in [2.75, 3.05) is 0 Å². The molecule has 0 aromatic heterocycles. The van der Waals surface area contributed by atoms with Crippen molar-refractivity contribution in [1.29, 1.82) is 0 Å². The highest BCUT2D eigenvalue weighted by molar-refractivity contribution is 5.80. The van der Waals surface area contributed by atoms with E-state index in [9.17, 15) is 9.59 Å². The van der Waals surface area contributed by atoms with E-state index in [-0.39, 0.29) is 11.8 Å². The van der Waals surface area contributed by atoms with E-state index in [1.54, 1.807) is 0 Å². The highest BCUT2D eigenvalue weighted by Gasteiger charge is 2.27. The Morgan fingerprint density at radius 3 is 2.31 bits per heavy atom. The van der Waals surface area contributed by atoms with Crippen LogP contribution in [-0.2, 0) is 27.3 Å². The van der Waals surface area contributed by atoms with Gasteiger partial charge in [-0.05, 0) is 24.0 Å². The van der Waals surface area contributed by atoms with Gasteiger partial charge >= 0.3 is 5.97 Å². The predicted molar refractivity (Wildman–Crippen MR) is 57.2 cm³/mol. The fourth-order valence-electron chi connectivity index (χ4n) is 1.95. The van der Waals surface area contributed by atoms with E-state index in [1.807, 2.05) is 24.3 Å². The smallest absolute Gasteiger partial charge is 0.329 e. The van der Waals surface area contributed by atoms with Gasteiger partial charge in [0, 0.05) is 12.8 Å². The Kier molecular flexibility index (Phi) is 2.90. The normalized spacial score (nSPS) is 14.3. The van der Waals surface area contributed by atoms with Gasteiger partial charge in [-0.15, -0.1) is 0 Å². The van der Waals surface area contributed by atoms with Crippen molar-refractivity contribution in [2.24, 2.45) is 5.92 Å². The molecule has 1 aromatic rings. The fourth-order valence-corrected chi connectivity index (χ4v) is 1.95. The Morgan fingerprint density at radius 1 is 1.25 bits per heavy atom. The summed E-state index contributed by atoms with van der Waals surface area (Å²) >= 11 is 0. The second kappa shape index (κ2) is 4.35. The highest BCUT2D eigenvalue weighted by atomic mass is 16.7. The monoisotopic (exact) mass is 219 g/mol. The van der Waals surface area contributed by atoms with Crippen LogP contribution < -0.4 is 5.48 Å². The maximum absolute atomic E-state index is 11.6. The van der Waals surface area contributed by atoms with Crippen LogP contribution in [0.15, 0.2) is 24.3 Å². The number of carbonyl (C=O) groups is 2. The van der Waals surface area contributed by atoms with Crippen molar-refractivity contribution in [3.63, 3.8) is 0 Å². The standard InChI is InChI=1S/C12H13NO3/c1-8(14)16-13-12(15)11-6-9-4-2-3-5-10(9)7-11/h2-5,11H,6-7H2,1H3,(H,13,15). The molecule has 0 fully saturated rings. The molecular weight excluding hydrogens is 206 g/mol. The Hall–Kier alpha value is -1.84. The van der Waals surface area contributed by atoms with E-state index >= 15 is 0 Å². The van der Waals surface area contributed by atoms with Crippen LogP contribution in [0.1, 0.15) is 18.1 Å². The Morgan fingerprint density at radius 2 is 1.81 bits per heavy atom. The number of amides is 1. The Bertz CT molecular complexity index is 403. The molecule has 0 saturated carbocycles. The molecule has 16 heavy (non-hydrogen) atoms. The molecule has 4 heteroatoms. The lowest BCUT2D eigenvalue weighted by atomic mass is 10.1. The van der Waals surface area contributed by atoms with Gasteiger partial charge < -0.3 is 4.84 Å². The van der Waals surface area contributed by atoms with Crippen molar-refractivity contribution >= 4 is 11.9 Å². The first-order chi connectivity index (χ1) is 7.66. The third-order valence-electron chi connectivity index (χ3n) is 2.72. The summed E-state index contributed by atoms with van der Waals surface area (Å²) in [5, 5.41) is 0. The van der Waals surface area contributed by atoms with Crippen molar-refractivity contribution in [2.45, 2.75) is 19.8 Å². The van der Waals surface area contributed by atoms with Crippen molar-refractivity contribution < 1.29 is 14.4 Å². The summed E-state index contributed by atoms with van der Waals surface area (Å²) in [6.45, 7) is 1.25. The van der Waals surface area contributed by atoms with E-state index in [1.165, 1.54) is 18.1 Å². The topological polar surface area (TPSA) is 55.4 Å². The number of fused-ring (bicyclic) bond motifs is 1. The Labute approximate surface area is 93.6 Å². The molecule has 84 valence electrons. The molecule has 0 atom stereocenters. The summed E-state index contributed by atoms with van der Waals surface area (Å²) in [4.78, 5) is 26.7. The number of hydrogen-bond acceptors (Lipinski definition) is 3. The van der Waals surface area contributed by atoms with E-state index in [0.717, 1.165) is 0 Å². The first kappa shape index (κ1) is 10.7. The summed E-state index contributed by atoms with van der Waals surface area (Å²) in [5.74, 6) is -0.869. The van der Waals surface area contributed by atoms with Crippen LogP contribution in [-0.4, -0.2) is 11.9 Å². The molecule has 0 bridgehead atoms. The third kappa shape index (κ3) is 2.21. The number of hydroxylamine groups is 1. The van der Waals surface area contributed by atoms with Crippen LogP contribution >= 0.6 is 0 Å². The largest absolute Gasteiger partial charge is 0.341 e. The molecule has 0 spiro atoms. The van der Waals surface area contributed by atoms with Gasteiger partial charge in [0.05, 0.1) is 0 Å².